The molecule has 0 spiro atoms. The molecule has 0 bridgehead atoms. The molecule has 1 N–H and O–H groups in total. The van der Waals surface area contributed by atoms with Crippen LogP contribution in [0.25, 0.3) is 0 Å². The normalized spacial score (nSPS) is 13.2. The third kappa shape index (κ3) is 5.44. The van der Waals surface area contributed by atoms with E-state index in [-0.39, 0.29) is 17.2 Å². The van der Waals surface area contributed by atoms with Gasteiger partial charge in [0.1, 0.15) is 5.75 Å². The van der Waals surface area contributed by atoms with E-state index in [1.807, 2.05) is 0 Å². The van der Waals surface area contributed by atoms with Crippen molar-refractivity contribution in [2.75, 3.05) is 0 Å². The maximum atomic E-state index is 12.6. The van der Waals surface area contributed by atoms with Gasteiger partial charge in [-0.3, -0.25) is 4.52 Å². The number of benzene rings is 2. The van der Waals surface area contributed by atoms with E-state index >= 15 is 0 Å². The van der Waals surface area contributed by atoms with Crippen LogP contribution < -0.4 is 14.2 Å². The molecule has 0 aliphatic rings. The van der Waals surface area contributed by atoms with E-state index < -0.39 is 31.9 Å². The van der Waals surface area contributed by atoms with Crippen LogP contribution in [0, 0.1) is 0 Å². The van der Waals surface area contributed by atoms with E-state index in [4.69, 9.17) is 14.4 Å². The molecule has 0 aliphatic heterocycles. The predicted octanol–water partition coefficient (Wildman–Crippen LogP) is 4.21. The molecule has 138 valence electrons. The van der Waals surface area contributed by atoms with Crippen molar-refractivity contribution in [2.45, 2.75) is 19.1 Å². The van der Waals surface area contributed by atoms with Crippen LogP contribution in [-0.4, -0.2) is 17.1 Å². The molecule has 1 unspecified atom stereocenters. The van der Waals surface area contributed by atoms with Crippen LogP contribution in [0.2, 0.25) is 0 Å². The van der Waals surface area contributed by atoms with Crippen LogP contribution in [0.1, 0.15) is 12.5 Å². The van der Waals surface area contributed by atoms with E-state index in [0.29, 0.717) is 0 Å². The lowest BCUT2D eigenvalue weighted by molar-refractivity contribution is -0.169. The van der Waals surface area contributed by atoms with Crippen molar-refractivity contribution >= 4 is 14.1 Å². The van der Waals surface area contributed by atoms with Gasteiger partial charge >= 0.3 is 20.3 Å². The molecule has 2 aromatic carbocycles. The summed E-state index contributed by atoms with van der Waals surface area (Å²) in [7, 11) is -2.67. The molecule has 0 amide bonds. The minimum Gasteiger partial charge on any atom is -0.575 e. The highest BCUT2D eigenvalue weighted by Crippen LogP contribution is 2.37. The Balaban J connectivity index is 2.18. The maximum absolute atomic E-state index is 12.6. The number of carbonyl (C=O) groups is 1. The van der Waals surface area contributed by atoms with Gasteiger partial charge in [0.2, 0.25) is 5.75 Å². The summed E-state index contributed by atoms with van der Waals surface area (Å²) in [6.45, 7) is 1.24. The van der Waals surface area contributed by atoms with Gasteiger partial charge in [-0.25, -0.2) is 4.79 Å². The second kappa shape index (κ2) is 8.16. The van der Waals surface area contributed by atoms with Crippen LogP contribution in [0.3, 0.4) is 0 Å². The number of nitrogens with zero attached hydrogens (tertiary/aromatic N) is 1. The van der Waals surface area contributed by atoms with E-state index in [1.165, 1.54) is 19.1 Å². The van der Waals surface area contributed by atoms with Crippen LogP contribution in [0.15, 0.2) is 53.3 Å². The lowest BCUT2D eigenvalue weighted by Crippen LogP contribution is -2.13. The second-order valence-corrected chi connectivity index (χ2v) is 5.92. The molecule has 0 aliphatic carbocycles. The fourth-order valence-electron chi connectivity index (χ4n) is 1.75. The molecule has 0 aromatic heterocycles. The van der Waals surface area contributed by atoms with Gasteiger partial charge < -0.3 is 14.7 Å². The van der Waals surface area contributed by atoms with Gasteiger partial charge in [0.15, 0.2) is 11.8 Å². The number of aliphatic carboxylic acids is 1. The van der Waals surface area contributed by atoms with Crippen molar-refractivity contribution in [1.29, 1.82) is 0 Å². The molecule has 0 heterocycles. The Morgan fingerprint density at radius 3 is 2.27 bits per heavy atom. The summed E-state index contributed by atoms with van der Waals surface area (Å²) in [4.78, 5) is 22.5. The lowest BCUT2D eigenvalue weighted by Gasteiger charge is -2.10. The summed E-state index contributed by atoms with van der Waals surface area (Å²) >= 11 is 0. The number of hydrogen-bond acceptors (Lipinski definition) is 5. The Morgan fingerprint density at radius 1 is 1.15 bits per heavy atom. The van der Waals surface area contributed by atoms with Gasteiger partial charge in [0.05, 0.1) is 5.56 Å². The van der Waals surface area contributed by atoms with Crippen LogP contribution in [0.4, 0.5) is 13.2 Å². The standard InChI is InChI=1S/C16H13F3NO5P/c1-10(15(21)22)20-26(23)25-14-5-3-2-4-13(14)24-12-8-6-11(7-9-12)16(17,18)19/h2-10H,1H3,(H,21,22)/t10-/m0/s1. The van der Waals surface area contributed by atoms with Crippen LogP contribution >= 0.6 is 8.17 Å². The van der Waals surface area contributed by atoms with Crippen molar-refractivity contribution in [2.24, 2.45) is 4.74 Å². The Bertz CT molecular complexity index is 808. The zero-order chi connectivity index (χ0) is 19.3. The van der Waals surface area contributed by atoms with Gasteiger partial charge in [0, 0.05) is 0 Å². The number of hydrogen-bond donors (Lipinski definition) is 1. The molecule has 2 aromatic rings. The van der Waals surface area contributed by atoms with Crippen LogP contribution in [0.5, 0.6) is 17.2 Å². The Labute approximate surface area is 147 Å². The van der Waals surface area contributed by atoms with E-state index in [9.17, 15) is 22.9 Å². The number of halogens is 3. The molecular formula is C16H13F3NO5P. The summed E-state index contributed by atoms with van der Waals surface area (Å²) in [6, 6.07) is 8.78. The van der Waals surface area contributed by atoms with Gasteiger partial charge in [-0.15, -0.1) is 0 Å². The highest BCUT2D eigenvalue weighted by molar-refractivity contribution is 7.34. The topological polar surface area (TPSA) is 91.2 Å². The third-order valence-electron chi connectivity index (χ3n) is 3.06. The van der Waals surface area contributed by atoms with Gasteiger partial charge in [0.25, 0.3) is 0 Å². The van der Waals surface area contributed by atoms with Crippen LogP contribution in [-0.2, 0) is 11.0 Å². The number of para-hydroxylation sites is 2. The summed E-state index contributed by atoms with van der Waals surface area (Å²) in [6.07, 6.45) is -4.46. The largest absolute Gasteiger partial charge is 0.575 e. The Morgan fingerprint density at radius 2 is 1.73 bits per heavy atom. The summed E-state index contributed by atoms with van der Waals surface area (Å²) in [5, 5.41) is 8.74. The number of carboxylic acids is 1. The van der Waals surface area contributed by atoms with E-state index in [0.717, 1.165) is 24.3 Å². The lowest BCUT2D eigenvalue weighted by atomic mass is 10.2. The fraction of sp³-hybridized carbons (Fsp3) is 0.188. The van der Waals surface area contributed by atoms with Crippen molar-refractivity contribution in [3.05, 3.63) is 54.1 Å². The fourth-order valence-corrected chi connectivity index (χ4v) is 2.50. The molecule has 2 atom stereocenters. The van der Waals surface area contributed by atoms with Crippen molar-refractivity contribution in [3.63, 3.8) is 0 Å². The molecule has 0 fully saturated rings. The number of carboxylic acid groups (broad SMARTS) is 1. The Kier molecular flexibility index (Phi) is 6.18. The average molecular weight is 387 g/mol. The monoisotopic (exact) mass is 387 g/mol. The minimum atomic E-state index is -4.46. The first-order valence-corrected chi connectivity index (χ1v) is 8.33. The highest BCUT2D eigenvalue weighted by atomic mass is 31.1. The maximum Gasteiger partial charge on any atom is 0.416 e. The zero-order valence-electron chi connectivity index (χ0n) is 13.3. The van der Waals surface area contributed by atoms with Gasteiger partial charge in [-0.05, 0) is 43.3 Å². The molecule has 6 nitrogen and oxygen atoms in total. The molecule has 10 heteroatoms. The summed E-state index contributed by atoms with van der Waals surface area (Å²) in [5.41, 5.74) is -0.820. The number of alkyl halides is 3. The predicted molar refractivity (Wildman–Crippen MR) is 85.0 cm³/mol. The molecule has 26 heavy (non-hydrogen) atoms. The smallest absolute Gasteiger partial charge is 0.416 e. The molecule has 2 rings (SSSR count). The Hall–Kier alpha value is -2.64. The van der Waals surface area contributed by atoms with E-state index in [2.05, 4.69) is 4.74 Å². The SMILES string of the molecule is C[C@H](N=[P+]([O-])Oc1ccccc1Oc1ccc(C(F)(F)F)cc1)C(=O)O. The van der Waals surface area contributed by atoms with Crippen molar-refractivity contribution < 1.29 is 37.2 Å². The quantitative estimate of drug-likeness (QED) is 0.750. The van der Waals surface area contributed by atoms with Crippen molar-refractivity contribution in [3.8, 4) is 17.2 Å². The molecular weight excluding hydrogens is 374 g/mol. The van der Waals surface area contributed by atoms with Crippen molar-refractivity contribution in [1.82, 2.24) is 0 Å². The first-order chi connectivity index (χ1) is 12.2. The third-order valence-corrected chi connectivity index (χ3v) is 3.95. The molecule has 0 radical (unpaired) electrons. The number of rotatable bonds is 6. The highest BCUT2D eigenvalue weighted by Gasteiger charge is 2.30. The van der Waals surface area contributed by atoms with E-state index in [1.54, 1.807) is 12.1 Å². The van der Waals surface area contributed by atoms with Gasteiger partial charge in [-0.1, -0.05) is 16.9 Å². The molecule has 0 saturated carbocycles. The minimum absolute atomic E-state index is 0.00912. The number of ether oxygens (including phenoxy) is 1. The summed E-state index contributed by atoms with van der Waals surface area (Å²) in [5.74, 6) is -1.05. The molecule has 0 saturated heterocycles. The first-order valence-electron chi connectivity index (χ1n) is 7.20. The second-order valence-electron chi connectivity index (χ2n) is 5.03. The first kappa shape index (κ1) is 19.7. The van der Waals surface area contributed by atoms with Gasteiger partial charge in [-0.2, -0.15) is 13.2 Å². The zero-order valence-corrected chi connectivity index (χ0v) is 14.2. The average Bonchev–Trinajstić information content (AvgIpc) is 2.56. The summed E-state index contributed by atoms with van der Waals surface area (Å²) < 4.78 is 51.7.